The number of aromatic nitrogens is 1. The van der Waals surface area contributed by atoms with Crippen molar-refractivity contribution in [2.24, 2.45) is 10.8 Å². The molecule has 1 aromatic heterocycles. The number of aliphatic imine (C=N–C) groups is 1. The van der Waals surface area contributed by atoms with Crippen LogP contribution < -0.4 is 11.2 Å². The van der Waals surface area contributed by atoms with Crippen molar-refractivity contribution in [2.45, 2.75) is 31.8 Å². The molecule has 32 heavy (non-hydrogen) atoms. The lowest BCUT2D eigenvalue weighted by molar-refractivity contribution is -0.0553. The van der Waals surface area contributed by atoms with Gasteiger partial charge in [-0.3, -0.25) is 20.7 Å². The van der Waals surface area contributed by atoms with E-state index in [0.717, 1.165) is 11.3 Å². The van der Waals surface area contributed by atoms with Gasteiger partial charge in [-0.2, -0.15) is 0 Å². The Hall–Kier alpha value is -3.30. The van der Waals surface area contributed by atoms with E-state index >= 15 is 0 Å². The van der Waals surface area contributed by atoms with E-state index in [1.165, 1.54) is 5.01 Å². The van der Waals surface area contributed by atoms with Crippen LogP contribution in [0.1, 0.15) is 31.0 Å². The maximum absolute atomic E-state index is 12.3. The Labute approximate surface area is 188 Å². The molecule has 0 atom stereocenters. The fraction of sp³-hybridized carbons (Fsp3) is 0.391. The van der Waals surface area contributed by atoms with Crippen LogP contribution in [-0.2, 0) is 15.9 Å². The summed E-state index contributed by atoms with van der Waals surface area (Å²) in [5.41, 5.74) is 1.58. The van der Waals surface area contributed by atoms with E-state index in [1.807, 2.05) is 49.4 Å². The number of carbonyl (C=O) groups excluding carboxylic acids is 1. The molecule has 3 rings (SSSR count). The number of amidine groups is 1. The monoisotopic (exact) mass is 438 g/mol. The molecule has 1 aliphatic rings. The standard InChI is InChI=1S/C23H30N6O3/c1-23(12-15-31-16-13-23)32-22(30)28-19-10-6-9-18(27-19)11-14-26-20(21(24)29(2)25)17-7-4-3-5-8-17/h3-10,24H,11-16,25H2,1-2H3,(H,27,28,30). The quantitative estimate of drug-likeness (QED) is 0.264. The average Bonchev–Trinajstić information content (AvgIpc) is 2.77. The number of amides is 1. The first-order chi connectivity index (χ1) is 15.4. The topological polar surface area (TPSA) is 126 Å². The summed E-state index contributed by atoms with van der Waals surface area (Å²) in [5, 5.41) is 12.2. The number of carbonyl (C=O) groups is 1. The highest BCUT2D eigenvalue weighted by Gasteiger charge is 2.31. The lowest BCUT2D eigenvalue weighted by atomic mass is 9.97. The first-order valence-corrected chi connectivity index (χ1v) is 10.6. The summed E-state index contributed by atoms with van der Waals surface area (Å²) in [4.78, 5) is 21.4. The number of likely N-dealkylation sites (N-methyl/N-ethyl adjacent to an activating group) is 1. The number of hydrogen-bond acceptors (Lipinski definition) is 7. The van der Waals surface area contributed by atoms with Gasteiger partial charge in [0.1, 0.15) is 17.1 Å². The van der Waals surface area contributed by atoms with Crippen molar-refractivity contribution in [1.82, 2.24) is 9.99 Å². The number of rotatable bonds is 7. The van der Waals surface area contributed by atoms with Gasteiger partial charge in [-0.1, -0.05) is 36.4 Å². The molecule has 0 bridgehead atoms. The summed E-state index contributed by atoms with van der Waals surface area (Å²) >= 11 is 0. The van der Waals surface area contributed by atoms with Gasteiger partial charge < -0.3 is 9.47 Å². The van der Waals surface area contributed by atoms with Gasteiger partial charge >= 0.3 is 6.09 Å². The minimum absolute atomic E-state index is 0.129. The van der Waals surface area contributed by atoms with Crippen LogP contribution in [0.5, 0.6) is 0 Å². The summed E-state index contributed by atoms with van der Waals surface area (Å²) < 4.78 is 10.9. The maximum atomic E-state index is 12.3. The van der Waals surface area contributed by atoms with Crippen molar-refractivity contribution >= 4 is 23.5 Å². The Bertz CT molecular complexity index is 955. The second-order valence-corrected chi connectivity index (χ2v) is 7.90. The fourth-order valence-electron chi connectivity index (χ4n) is 3.30. The summed E-state index contributed by atoms with van der Waals surface area (Å²) in [6, 6.07) is 14.9. The predicted octanol–water partition coefficient (Wildman–Crippen LogP) is 3.01. The van der Waals surface area contributed by atoms with Gasteiger partial charge in [0.2, 0.25) is 0 Å². The molecule has 1 aromatic carbocycles. The lowest BCUT2D eigenvalue weighted by Gasteiger charge is -2.32. The van der Waals surface area contributed by atoms with Crippen LogP contribution in [0.4, 0.5) is 10.6 Å². The van der Waals surface area contributed by atoms with Crippen LogP contribution >= 0.6 is 0 Å². The molecule has 1 saturated heterocycles. The fourth-order valence-corrected chi connectivity index (χ4v) is 3.30. The lowest BCUT2D eigenvalue weighted by Crippen LogP contribution is -2.39. The van der Waals surface area contributed by atoms with Gasteiger partial charge in [-0.05, 0) is 19.1 Å². The zero-order valence-electron chi connectivity index (χ0n) is 18.5. The first kappa shape index (κ1) is 23.4. The Kier molecular flexibility index (Phi) is 7.91. The van der Waals surface area contributed by atoms with E-state index in [0.29, 0.717) is 50.6 Å². The van der Waals surface area contributed by atoms with Crippen LogP contribution in [0.25, 0.3) is 0 Å². The van der Waals surface area contributed by atoms with E-state index in [9.17, 15) is 4.79 Å². The third kappa shape index (κ3) is 6.60. The van der Waals surface area contributed by atoms with Crippen LogP contribution in [0, 0.1) is 5.41 Å². The summed E-state index contributed by atoms with van der Waals surface area (Å²) in [6.45, 7) is 3.50. The Morgan fingerprint density at radius 2 is 1.97 bits per heavy atom. The van der Waals surface area contributed by atoms with Crippen LogP contribution in [0.15, 0.2) is 53.5 Å². The highest BCUT2D eigenvalue weighted by Crippen LogP contribution is 2.24. The minimum Gasteiger partial charge on any atom is -0.443 e. The molecule has 0 spiro atoms. The van der Waals surface area contributed by atoms with Crippen molar-refractivity contribution in [3.05, 3.63) is 59.8 Å². The molecule has 9 heteroatoms. The number of nitrogens with zero attached hydrogens (tertiary/aromatic N) is 3. The smallest absolute Gasteiger partial charge is 0.413 e. The largest absolute Gasteiger partial charge is 0.443 e. The van der Waals surface area contributed by atoms with E-state index < -0.39 is 11.7 Å². The van der Waals surface area contributed by atoms with Crippen molar-refractivity contribution in [3.63, 3.8) is 0 Å². The van der Waals surface area contributed by atoms with E-state index in [2.05, 4.69) is 15.3 Å². The zero-order valence-corrected chi connectivity index (χ0v) is 18.5. The van der Waals surface area contributed by atoms with Gasteiger partial charge in [0, 0.05) is 44.1 Å². The minimum atomic E-state index is -0.525. The SMILES string of the molecule is CN(N)C(=N)C(=NCCc1cccc(NC(=O)OC2(C)CCOCC2)n1)c1ccccc1. The van der Waals surface area contributed by atoms with Crippen molar-refractivity contribution < 1.29 is 14.3 Å². The predicted molar refractivity (Wildman–Crippen MR) is 124 cm³/mol. The van der Waals surface area contributed by atoms with Gasteiger partial charge in [0.25, 0.3) is 0 Å². The molecule has 2 aromatic rings. The molecule has 0 radical (unpaired) electrons. The number of nitrogens with one attached hydrogen (secondary N) is 2. The van der Waals surface area contributed by atoms with Crippen LogP contribution in [0.2, 0.25) is 0 Å². The molecule has 0 saturated carbocycles. The molecule has 1 amide bonds. The molecule has 1 fully saturated rings. The van der Waals surface area contributed by atoms with Crippen LogP contribution in [-0.4, -0.2) is 60.0 Å². The number of benzene rings is 1. The summed E-state index contributed by atoms with van der Waals surface area (Å²) in [5.74, 6) is 6.31. The molecule has 1 aliphatic heterocycles. The number of hydrogen-bond donors (Lipinski definition) is 3. The van der Waals surface area contributed by atoms with Crippen molar-refractivity contribution in [2.75, 3.05) is 32.1 Å². The number of nitrogens with two attached hydrogens (primary N) is 1. The molecular weight excluding hydrogens is 408 g/mol. The van der Waals surface area contributed by atoms with Crippen molar-refractivity contribution in [1.29, 1.82) is 5.41 Å². The van der Waals surface area contributed by atoms with Gasteiger partial charge in [0.15, 0.2) is 5.84 Å². The third-order valence-electron chi connectivity index (χ3n) is 5.19. The normalized spacial score (nSPS) is 15.7. The maximum Gasteiger partial charge on any atom is 0.413 e. The molecule has 2 heterocycles. The number of anilines is 1. The average molecular weight is 439 g/mol. The summed E-state index contributed by atoms with van der Waals surface area (Å²) in [6.07, 6.45) is 1.35. The van der Waals surface area contributed by atoms with Crippen molar-refractivity contribution in [3.8, 4) is 0 Å². The first-order valence-electron chi connectivity index (χ1n) is 10.6. The molecule has 0 unspecified atom stereocenters. The van der Waals surface area contributed by atoms with E-state index in [4.69, 9.17) is 20.7 Å². The van der Waals surface area contributed by atoms with Gasteiger partial charge in [0.05, 0.1) is 13.2 Å². The summed E-state index contributed by atoms with van der Waals surface area (Å²) in [7, 11) is 1.61. The third-order valence-corrected chi connectivity index (χ3v) is 5.19. The van der Waals surface area contributed by atoms with E-state index in [-0.39, 0.29) is 5.84 Å². The highest BCUT2D eigenvalue weighted by molar-refractivity contribution is 6.46. The second kappa shape index (κ2) is 10.8. The molecule has 0 aliphatic carbocycles. The number of pyridine rings is 1. The van der Waals surface area contributed by atoms with Gasteiger partial charge in [-0.15, -0.1) is 0 Å². The van der Waals surface area contributed by atoms with E-state index in [1.54, 1.807) is 13.1 Å². The Morgan fingerprint density at radius 1 is 1.25 bits per heavy atom. The number of hydrazine groups is 1. The van der Waals surface area contributed by atoms with Gasteiger partial charge in [-0.25, -0.2) is 15.6 Å². The zero-order chi connectivity index (χ0) is 23.0. The number of ether oxygens (including phenoxy) is 2. The Morgan fingerprint density at radius 3 is 2.66 bits per heavy atom. The molecule has 4 N–H and O–H groups in total. The molecule has 9 nitrogen and oxygen atoms in total. The highest BCUT2D eigenvalue weighted by atomic mass is 16.6. The van der Waals surface area contributed by atoms with Crippen LogP contribution in [0.3, 0.4) is 0 Å². The Balaban J connectivity index is 1.62. The molecular formula is C23H30N6O3. The molecule has 170 valence electrons. The second-order valence-electron chi connectivity index (χ2n) is 7.90.